The SMILES string of the molecule is CCCOc1ccc(/C(O)=C2/C(=O)C(=O)N(c3ccc(Oc4cccc(C)c4)cc3)C2c2cccs2)cc1. The van der Waals surface area contributed by atoms with Gasteiger partial charge in [0.2, 0.25) is 0 Å². The molecule has 0 saturated carbocycles. The van der Waals surface area contributed by atoms with E-state index in [9.17, 15) is 14.7 Å². The number of rotatable bonds is 8. The Kier molecular flexibility index (Phi) is 7.29. The van der Waals surface area contributed by atoms with E-state index in [4.69, 9.17) is 9.47 Å². The first-order valence-electron chi connectivity index (χ1n) is 12.4. The summed E-state index contributed by atoms with van der Waals surface area (Å²) in [4.78, 5) is 28.8. The maximum Gasteiger partial charge on any atom is 0.300 e. The molecule has 4 aromatic rings. The Morgan fingerprint density at radius 1 is 0.921 bits per heavy atom. The quantitative estimate of drug-likeness (QED) is 0.149. The third-order valence-electron chi connectivity index (χ3n) is 6.20. The van der Waals surface area contributed by atoms with E-state index in [1.54, 1.807) is 48.5 Å². The smallest absolute Gasteiger partial charge is 0.300 e. The fraction of sp³-hybridized carbons (Fsp3) is 0.161. The monoisotopic (exact) mass is 525 g/mol. The highest BCUT2D eigenvalue weighted by molar-refractivity contribution is 7.10. The number of anilines is 1. The van der Waals surface area contributed by atoms with Crippen molar-refractivity contribution in [1.29, 1.82) is 0 Å². The first-order chi connectivity index (χ1) is 18.5. The summed E-state index contributed by atoms with van der Waals surface area (Å²) in [7, 11) is 0. The van der Waals surface area contributed by atoms with Gasteiger partial charge in [-0.25, -0.2) is 0 Å². The van der Waals surface area contributed by atoms with Gasteiger partial charge in [-0.15, -0.1) is 11.3 Å². The number of aliphatic hydroxyl groups excluding tert-OH is 1. The molecule has 1 fully saturated rings. The fourth-order valence-corrected chi connectivity index (χ4v) is 5.21. The van der Waals surface area contributed by atoms with Crippen LogP contribution in [0.4, 0.5) is 5.69 Å². The van der Waals surface area contributed by atoms with Gasteiger partial charge in [0, 0.05) is 16.1 Å². The van der Waals surface area contributed by atoms with Crippen molar-refractivity contribution in [2.24, 2.45) is 0 Å². The number of amides is 1. The van der Waals surface area contributed by atoms with Crippen molar-refractivity contribution in [2.45, 2.75) is 26.3 Å². The molecule has 0 radical (unpaired) electrons. The predicted octanol–water partition coefficient (Wildman–Crippen LogP) is 7.26. The van der Waals surface area contributed by atoms with Crippen LogP contribution in [-0.4, -0.2) is 23.4 Å². The zero-order chi connectivity index (χ0) is 26.6. The van der Waals surface area contributed by atoms with E-state index in [1.165, 1.54) is 16.2 Å². The van der Waals surface area contributed by atoms with Crippen LogP contribution in [0.2, 0.25) is 0 Å². The summed E-state index contributed by atoms with van der Waals surface area (Å²) >= 11 is 1.42. The number of Topliss-reactive ketones (excluding diaryl/α,β-unsaturated/α-hetero) is 1. The maximum atomic E-state index is 13.3. The number of ketones is 1. The number of ether oxygens (including phenoxy) is 2. The molecule has 5 rings (SSSR count). The fourth-order valence-electron chi connectivity index (χ4n) is 4.39. The molecule has 1 saturated heterocycles. The first-order valence-corrected chi connectivity index (χ1v) is 13.3. The number of thiophene rings is 1. The molecular weight excluding hydrogens is 498 g/mol. The standard InChI is InChI=1S/C31H27NO5S/c1-3-17-36-23-13-9-21(10-14-23)29(33)27-28(26-8-5-18-38-26)32(31(35)30(27)34)22-11-15-24(16-12-22)37-25-7-4-6-20(2)19-25/h4-16,18-19,28,33H,3,17H2,1-2H3/b29-27-. The number of benzene rings is 3. The number of hydrogen-bond donors (Lipinski definition) is 1. The molecular formula is C31H27NO5S. The molecule has 0 spiro atoms. The second kappa shape index (κ2) is 10.9. The Hall–Kier alpha value is -4.36. The lowest BCUT2D eigenvalue weighted by Gasteiger charge is -2.24. The van der Waals surface area contributed by atoms with Crippen molar-refractivity contribution in [3.8, 4) is 17.2 Å². The summed E-state index contributed by atoms with van der Waals surface area (Å²) in [5, 5.41) is 13.1. The van der Waals surface area contributed by atoms with E-state index < -0.39 is 17.7 Å². The van der Waals surface area contributed by atoms with Crippen molar-refractivity contribution in [2.75, 3.05) is 11.5 Å². The van der Waals surface area contributed by atoms with Crippen molar-refractivity contribution >= 4 is 34.5 Å². The molecule has 1 aliphatic rings. The van der Waals surface area contributed by atoms with Gasteiger partial charge < -0.3 is 14.6 Å². The van der Waals surface area contributed by atoms with Gasteiger partial charge in [0.05, 0.1) is 12.2 Å². The van der Waals surface area contributed by atoms with E-state index >= 15 is 0 Å². The molecule has 1 N–H and O–H groups in total. The number of aryl methyl sites for hydroxylation is 1. The summed E-state index contributed by atoms with van der Waals surface area (Å²) in [6.07, 6.45) is 0.880. The van der Waals surface area contributed by atoms with Gasteiger partial charge in [-0.2, -0.15) is 0 Å². The Bertz CT molecular complexity index is 1470. The van der Waals surface area contributed by atoms with E-state index in [0.29, 0.717) is 35.1 Å². The van der Waals surface area contributed by atoms with Gasteiger partial charge in [0.15, 0.2) is 0 Å². The molecule has 3 aromatic carbocycles. The van der Waals surface area contributed by atoms with Crippen LogP contribution in [-0.2, 0) is 9.59 Å². The molecule has 2 heterocycles. The minimum Gasteiger partial charge on any atom is -0.507 e. The number of nitrogens with zero attached hydrogens (tertiary/aromatic N) is 1. The van der Waals surface area contributed by atoms with Crippen molar-refractivity contribution in [3.63, 3.8) is 0 Å². The van der Waals surface area contributed by atoms with Crippen LogP contribution in [0.25, 0.3) is 5.76 Å². The molecule has 1 aromatic heterocycles. The van der Waals surface area contributed by atoms with E-state index in [0.717, 1.165) is 16.9 Å². The number of hydrogen-bond acceptors (Lipinski definition) is 6. The largest absolute Gasteiger partial charge is 0.507 e. The maximum absolute atomic E-state index is 13.3. The minimum absolute atomic E-state index is 0.0553. The molecule has 1 atom stereocenters. The van der Waals surface area contributed by atoms with Crippen molar-refractivity contribution < 1.29 is 24.2 Å². The van der Waals surface area contributed by atoms with Crippen LogP contribution >= 0.6 is 11.3 Å². The molecule has 0 bridgehead atoms. The number of aliphatic hydroxyl groups is 1. The highest BCUT2D eigenvalue weighted by Gasteiger charge is 2.47. The van der Waals surface area contributed by atoms with Gasteiger partial charge in [0.1, 0.15) is 29.0 Å². The third-order valence-corrected chi connectivity index (χ3v) is 7.12. The van der Waals surface area contributed by atoms with Gasteiger partial charge in [-0.3, -0.25) is 14.5 Å². The molecule has 0 aliphatic carbocycles. The van der Waals surface area contributed by atoms with Gasteiger partial charge in [0.25, 0.3) is 11.7 Å². The third kappa shape index (κ3) is 5.06. The summed E-state index contributed by atoms with van der Waals surface area (Å²) in [6, 6.07) is 24.6. The molecule has 38 heavy (non-hydrogen) atoms. The van der Waals surface area contributed by atoms with Crippen LogP contribution < -0.4 is 14.4 Å². The summed E-state index contributed by atoms with van der Waals surface area (Å²) in [5.74, 6) is 0.349. The second-order valence-electron chi connectivity index (χ2n) is 8.97. The lowest BCUT2D eigenvalue weighted by atomic mass is 9.99. The number of carbonyl (C=O) groups is 2. The molecule has 6 nitrogen and oxygen atoms in total. The van der Waals surface area contributed by atoms with Gasteiger partial charge >= 0.3 is 0 Å². The second-order valence-corrected chi connectivity index (χ2v) is 9.95. The predicted molar refractivity (Wildman–Crippen MR) is 149 cm³/mol. The van der Waals surface area contributed by atoms with Gasteiger partial charge in [-0.05, 0) is 91.0 Å². The topological polar surface area (TPSA) is 76.1 Å². The summed E-state index contributed by atoms with van der Waals surface area (Å²) in [6.45, 7) is 4.60. The molecule has 192 valence electrons. The Morgan fingerprint density at radius 2 is 1.66 bits per heavy atom. The van der Waals surface area contributed by atoms with Crippen LogP contribution in [0.1, 0.15) is 35.4 Å². The zero-order valence-electron chi connectivity index (χ0n) is 21.1. The van der Waals surface area contributed by atoms with Crippen LogP contribution in [0.3, 0.4) is 0 Å². The van der Waals surface area contributed by atoms with E-state index in [-0.39, 0.29) is 11.3 Å². The summed E-state index contributed by atoms with van der Waals surface area (Å²) in [5.41, 5.74) is 2.11. The molecule has 1 amide bonds. The van der Waals surface area contributed by atoms with Crippen LogP contribution in [0.15, 0.2) is 95.9 Å². The highest BCUT2D eigenvalue weighted by Crippen LogP contribution is 2.44. The van der Waals surface area contributed by atoms with E-state index in [2.05, 4.69) is 0 Å². The van der Waals surface area contributed by atoms with Crippen LogP contribution in [0.5, 0.6) is 17.2 Å². The molecule has 1 aliphatic heterocycles. The normalized spacial score (nSPS) is 16.6. The molecule has 1 unspecified atom stereocenters. The minimum atomic E-state index is -0.755. The first kappa shape index (κ1) is 25.3. The lowest BCUT2D eigenvalue weighted by Crippen LogP contribution is -2.29. The Balaban J connectivity index is 1.49. The Labute approximate surface area is 225 Å². The average Bonchev–Trinajstić information content (AvgIpc) is 3.55. The Morgan fingerprint density at radius 3 is 2.32 bits per heavy atom. The van der Waals surface area contributed by atoms with Crippen molar-refractivity contribution in [1.82, 2.24) is 0 Å². The lowest BCUT2D eigenvalue weighted by molar-refractivity contribution is -0.132. The summed E-state index contributed by atoms with van der Waals surface area (Å²) < 4.78 is 11.6. The molecule has 7 heteroatoms. The van der Waals surface area contributed by atoms with Crippen molar-refractivity contribution in [3.05, 3.63) is 112 Å². The van der Waals surface area contributed by atoms with E-state index in [1.807, 2.05) is 55.6 Å². The van der Waals surface area contributed by atoms with Gasteiger partial charge in [-0.1, -0.05) is 25.1 Å². The average molecular weight is 526 g/mol. The number of carbonyl (C=O) groups excluding carboxylic acids is 2. The highest BCUT2D eigenvalue weighted by atomic mass is 32.1. The van der Waals surface area contributed by atoms with Crippen LogP contribution in [0, 0.1) is 6.92 Å². The zero-order valence-corrected chi connectivity index (χ0v) is 21.9.